The number of hydrogen-bond acceptors (Lipinski definition) is 5. The van der Waals surface area contributed by atoms with Gasteiger partial charge in [0.2, 0.25) is 10.0 Å². The van der Waals surface area contributed by atoms with Crippen molar-refractivity contribution >= 4 is 21.4 Å². The third kappa shape index (κ3) is 5.03. The van der Waals surface area contributed by atoms with E-state index in [1.54, 1.807) is 6.07 Å². The molecule has 0 saturated carbocycles. The van der Waals surface area contributed by atoms with Crippen LogP contribution in [0.3, 0.4) is 0 Å². The van der Waals surface area contributed by atoms with Gasteiger partial charge in [-0.15, -0.1) is 11.3 Å². The number of nitrogens with zero attached hydrogens (tertiary/aromatic N) is 1. The fourth-order valence-electron chi connectivity index (χ4n) is 2.53. The molecule has 21 heavy (non-hydrogen) atoms. The Balaban J connectivity index is 1.81. The molecule has 2 rings (SSSR count). The minimum atomic E-state index is -3.37. The molecule has 0 unspecified atom stereocenters. The molecule has 0 amide bonds. The predicted octanol–water partition coefficient (Wildman–Crippen LogP) is 1.62. The molecule has 120 valence electrons. The van der Waals surface area contributed by atoms with E-state index in [1.165, 1.54) is 24.2 Å². The van der Waals surface area contributed by atoms with Crippen LogP contribution >= 0.6 is 11.3 Å². The maximum Gasteiger partial charge on any atom is 0.241 e. The summed E-state index contributed by atoms with van der Waals surface area (Å²) >= 11 is 1.49. The number of likely N-dealkylation sites (tertiary alicyclic amines) is 1. The molecule has 0 aromatic carbocycles. The first kappa shape index (κ1) is 16.9. The van der Waals surface area contributed by atoms with Gasteiger partial charge in [0.15, 0.2) is 0 Å². The molecule has 7 heteroatoms. The summed E-state index contributed by atoms with van der Waals surface area (Å²) in [7, 11) is -3.37. The first-order valence-electron chi connectivity index (χ1n) is 7.62. The van der Waals surface area contributed by atoms with Crippen LogP contribution in [-0.2, 0) is 16.6 Å². The molecule has 5 nitrogen and oxygen atoms in total. The molecule has 0 atom stereocenters. The maximum atomic E-state index is 12.3. The molecule has 0 aliphatic carbocycles. The van der Waals surface area contributed by atoms with E-state index in [1.807, 2.05) is 12.3 Å². The zero-order chi connectivity index (χ0) is 15.1. The molecule has 2 heterocycles. The van der Waals surface area contributed by atoms with Crippen molar-refractivity contribution in [2.45, 2.75) is 37.6 Å². The van der Waals surface area contributed by atoms with Gasteiger partial charge in [-0.3, -0.25) is 0 Å². The fraction of sp³-hybridized carbons (Fsp3) is 0.714. The summed E-state index contributed by atoms with van der Waals surface area (Å²) in [6.45, 7) is 7.26. The lowest BCUT2D eigenvalue weighted by molar-refractivity contribution is 0.334. The van der Waals surface area contributed by atoms with Crippen LogP contribution in [0.5, 0.6) is 0 Å². The van der Waals surface area contributed by atoms with Crippen molar-refractivity contribution in [3.8, 4) is 0 Å². The van der Waals surface area contributed by atoms with Crippen molar-refractivity contribution in [1.82, 2.24) is 14.9 Å². The molecule has 0 spiro atoms. The highest BCUT2D eigenvalue weighted by Gasteiger charge is 2.19. The van der Waals surface area contributed by atoms with Gasteiger partial charge >= 0.3 is 0 Å². The summed E-state index contributed by atoms with van der Waals surface area (Å²) in [4.78, 5) is 3.70. The molecule has 1 fully saturated rings. The zero-order valence-corrected chi connectivity index (χ0v) is 14.2. The summed E-state index contributed by atoms with van der Waals surface area (Å²) in [5.41, 5.74) is 0. The topological polar surface area (TPSA) is 61.4 Å². The standard InChI is InChI=1S/C14H25N3O2S2/c1-2-15-12-13-14(6-11-20-13)21(18,19)16-7-5-10-17-8-3-4-9-17/h6,11,15-16H,2-5,7-10,12H2,1H3. The molecule has 1 aromatic rings. The highest BCUT2D eigenvalue weighted by atomic mass is 32.2. The smallest absolute Gasteiger partial charge is 0.241 e. The summed E-state index contributed by atoms with van der Waals surface area (Å²) in [5, 5.41) is 5.02. The Morgan fingerprint density at radius 1 is 1.33 bits per heavy atom. The van der Waals surface area contributed by atoms with Crippen LogP contribution in [0.25, 0.3) is 0 Å². The maximum absolute atomic E-state index is 12.3. The number of hydrogen-bond donors (Lipinski definition) is 2. The largest absolute Gasteiger partial charge is 0.312 e. The Kier molecular flexibility index (Phi) is 6.63. The quantitative estimate of drug-likeness (QED) is 0.675. The lowest BCUT2D eigenvalue weighted by Gasteiger charge is -2.14. The Hall–Kier alpha value is -0.470. The molecule has 1 saturated heterocycles. The Morgan fingerprint density at radius 3 is 2.81 bits per heavy atom. The van der Waals surface area contributed by atoms with Gasteiger partial charge < -0.3 is 10.2 Å². The molecule has 1 aliphatic heterocycles. The molecule has 0 radical (unpaired) electrons. The second-order valence-electron chi connectivity index (χ2n) is 5.29. The van der Waals surface area contributed by atoms with Gasteiger partial charge in [-0.1, -0.05) is 6.92 Å². The van der Waals surface area contributed by atoms with Crippen LogP contribution in [0.4, 0.5) is 0 Å². The van der Waals surface area contributed by atoms with Crippen LogP contribution < -0.4 is 10.0 Å². The van der Waals surface area contributed by atoms with Gasteiger partial charge in [-0.25, -0.2) is 13.1 Å². The summed E-state index contributed by atoms with van der Waals surface area (Å²) in [6, 6.07) is 1.69. The normalized spacial score (nSPS) is 16.6. The molecule has 2 N–H and O–H groups in total. The van der Waals surface area contributed by atoms with Crippen molar-refractivity contribution in [3.05, 3.63) is 16.3 Å². The fourth-order valence-corrected chi connectivity index (χ4v) is 5.01. The molecular formula is C14H25N3O2S2. The molecule has 1 aliphatic rings. The molecular weight excluding hydrogens is 306 g/mol. The predicted molar refractivity (Wildman–Crippen MR) is 87.2 cm³/mol. The minimum Gasteiger partial charge on any atom is -0.312 e. The number of sulfonamides is 1. The van der Waals surface area contributed by atoms with Crippen LogP contribution in [0.1, 0.15) is 31.1 Å². The van der Waals surface area contributed by atoms with Crippen LogP contribution in [0.2, 0.25) is 0 Å². The van der Waals surface area contributed by atoms with E-state index >= 15 is 0 Å². The van der Waals surface area contributed by atoms with Gasteiger partial charge in [-0.2, -0.15) is 0 Å². The van der Waals surface area contributed by atoms with E-state index in [9.17, 15) is 8.42 Å². The van der Waals surface area contributed by atoms with E-state index in [4.69, 9.17) is 0 Å². The average molecular weight is 332 g/mol. The van der Waals surface area contributed by atoms with Crippen molar-refractivity contribution in [1.29, 1.82) is 0 Å². The van der Waals surface area contributed by atoms with Gasteiger partial charge in [0.25, 0.3) is 0 Å². The van der Waals surface area contributed by atoms with Gasteiger partial charge in [-0.05, 0) is 56.9 Å². The summed E-state index contributed by atoms with van der Waals surface area (Å²) in [6.07, 6.45) is 3.41. The SMILES string of the molecule is CCNCc1sccc1S(=O)(=O)NCCCN1CCCC1. The van der Waals surface area contributed by atoms with Crippen LogP contribution in [0, 0.1) is 0 Å². The van der Waals surface area contributed by atoms with Gasteiger partial charge in [0, 0.05) is 18.0 Å². The Bertz CT molecular complexity index is 522. The number of nitrogens with one attached hydrogen (secondary N) is 2. The van der Waals surface area contributed by atoms with E-state index < -0.39 is 10.0 Å². The zero-order valence-electron chi connectivity index (χ0n) is 12.6. The molecule has 0 bridgehead atoms. The summed E-state index contributed by atoms with van der Waals surface area (Å²) < 4.78 is 27.4. The van der Waals surface area contributed by atoms with Crippen molar-refractivity contribution in [2.24, 2.45) is 0 Å². The second kappa shape index (κ2) is 8.24. The first-order chi connectivity index (χ1) is 10.1. The Morgan fingerprint density at radius 2 is 2.10 bits per heavy atom. The number of rotatable bonds is 9. The van der Waals surface area contributed by atoms with Crippen LogP contribution in [-0.4, -0.2) is 46.0 Å². The average Bonchev–Trinajstić information content (AvgIpc) is 3.12. The van der Waals surface area contributed by atoms with E-state index in [-0.39, 0.29) is 0 Å². The second-order valence-corrected chi connectivity index (χ2v) is 8.02. The lowest BCUT2D eigenvalue weighted by atomic mass is 10.4. The van der Waals surface area contributed by atoms with E-state index in [0.717, 1.165) is 37.5 Å². The third-order valence-electron chi connectivity index (χ3n) is 3.67. The van der Waals surface area contributed by atoms with E-state index in [2.05, 4.69) is 14.9 Å². The van der Waals surface area contributed by atoms with E-state index in [0.29, 0.717) is 18.0 Å². The Labute approximate surface area is 131 Å². The van der Waals surface area contributed by atoms with Gasteiger partial charge in [0.05, 0.1) is 4.90 Å². The highest BCUT2D eigenvalue weighted by Crippen LogP contribution is 2.21. The van der Waals surface area contributed by atoms with Crippen LogP contribution in [0.15, 0.2) is 16.3 Å². The first-order valence-corrected chi connectivity index (χ1v) is 9.99. The van der Waals surface area contributed by atoms with Crippen molar-refractivity contribution in [3.63, 3.8) is 0 Å². The monoisotopic (exact) mass is 331 g/mol. The van der Waals surface area contributed by atoms with Gasteiger partial charge in [0.1, 0.15) is 0 Å². The van der Waals surface area contributed by atoms with Crippen molar-refractivity contribution in [2.75, 3.05) is 32.7 Å². The number of thiophene rings is 1. The third-order valence-corrected chi connectivity index (χ3v) is 6.27. The highest BCUT2D eigenvalue weighted by molar-refractivity contribution is 7.89. The van der Waals surface area contributed by atoms with Crippen molar-refractivity contribution < 1.29 is 8.42 Å². The summed E-state index contributed by atoms with van der Waals surface area (Å²) in [5.74, 6) is 0. The molecule has 1 aromatic heterocycles. The lowest BCUT2D eigenvalue weighted by Crippen LogP contribution is -2.29. The minimum absolute atomic E-state index is 0.426.